The zero-order chi connectivity index (χ0) is 14.3. The predicted octanol–water partition coefficient (Wildman–Crippen LogP) is 2.01. The Hall–Kier alpha value is -1.55. The van der Waals surface area contributed by atoms with E-state index in [2.05, 4.69) is 17.1 Å². The number of benzene rings is 1. The summed E-state index contributed by atoms with van der Waals surface area (Å²) in [5.41, 5.74) is 7.69. The Balaban J connectivity index is 2.59. The van der Waals surface area contributed by atoms with Crippen molar-refractivity contribution in [2.24, 2.45) is 0 Å². The molecule has 4 nitrogen and oxygen atoms in total. The van der Waals surface area contributed by atoms with E-state index < -0.39 is 0 Å². The van der Waals surface area contributed by atoms with Crippen LogP contribution in [0.2, 0.25) is 0 Å². The summed E-state index contributed by atoms with van der Waals surface area (Å²) in [5.74, 6) is 0.0763. The lowest BCUT2D eigenvalue weighted by molar-refractivity contribution is -0.122. The third-order valence-corrected chi connectivity index (χ3v) is 2.71. The lowest BCUT2D eigenvalue weighted by Gasteiger charge is -2.22. The molecule has 0 aliphatic rings. The first-order chi connectivity index (χ1) is 9.01. The van der Waals surface area contributed by atoms with Gasteiger partial charge < -0.3 is 11.1 Å². The quantitative estimate of drug-likeness (QED) is 0.740. The number of rotatable bonds is 7. The van der Waals surface area contributed by atoms with Gasteiger partial charge in [-0.05, 0) is 44.5 Å². The molecular weight excluding hydrogens is 238 g/mol. The van der Waals surface area contributed by atoms with Crippen LogP contribution in [0.4, 0.5) is 5.69 Å². The van der Waals surface area contributed by atoms with E-state index in [1.807, 2.05) is 38.1 Å². The molecule has 1 aromatic carbocycles. The molecule has 0 fully saturated rings. The van der Waals surface area contributed by atoms with E-state index in [-0.39, 0.29) is 11.9 Å². The standard InChI is InChI=1S/C15H25N3O/c1-4-8-18(11-15(19)17-12(2)3)10-13-6-5-7-14(16)9-13/h5-7,9,12H,4,8,10-11,16H2,1-3H3,(H,17,19). The van der Waals surface area contributed by atoms with Crippen molar-refractivity contribution < 1.29 is 4.79 Å². The van der Waals surface area contributed by atoms with Gasteiger partial charge in [-0.25, -0.2) is 0 Å². The van der Waals surface area contributed by atoms with Crippen LogP contribution in [0.3, 0.4) is 0 Å². The lowest BCUT2D eigenvalue weighted by Crippen LogP contribution is -2.40. The zero-order valence-electron chi connectivity index (χ0n) is 12.1. The highest BCUT2D eigenvalue weighted by molar-refractivity contribution is 5.78. The molecule has 0 unspecified atom stereocenters. The van der Waals surface area contributed by atoms with Crippen molar-refractivity contribution in [1.29, 1.82) is 0 Å². The Morgan fingerprint density at radius 1 is 1.42 bits per heavy atom. The van der Waals surface area contributed by atoms with E-state index in [0.29, 0.717) is 6.54 Å². The third-order valence-electron chi connectivity index (χ3n) is 2.71. The number of nitrogens with one attached hydrogen (secondary N) is 1. The maximum atomic E-state index is 11.8. The molecule has 0 spiro atoms. The molecule has 19 heavy (non-hydrogen) atoms. The normalized spacial score (nSPS) is 11.0. The fraction of sp³-hybridized carbons (Fsp3) is 0.533. The first-order valence-corrected chi connectivity index (χ1v) is 6.87. The molecule has 106 valence electrons. The predicted molar refractivity (Wildman–Crippen MR) is 79.7 cm³/mol. The van der Waals surface area contributed by atoms with Gasteiger partial charge in [-0.1, -0.05) is 19.1 Å². The van der Waals surface area contributed by atoms with Crippen LogP contribution in [0.5, 0.6) is 0 Å². The van der Waals surface area contributed by atoms with Crippen molar-refractivity contribution in [2.45, 2.75) is 39.8 Å². The van der Waals surface area contributed by atoms with Crippen LogP contribution in [-0.2, 0) is 11.3 Å². The minimum absolute atomic E-state index is 0.0763. The van der Waals surface area contributed by atoms with E-state index in [4.69, 9.17) is 5.73 Å². The number of carbonyl (C=O) groups excluding carboxylic acids is 1. The largest absolute Gasteiger partial charge is 0.399 e. The highest BCUT2D eigenvalue weighted by Gasteiger charge is 2.11. The van der Waals surface area contributed by atoms with Gasteiger partial charge in [-0.3, -0.25) is 9.69 Å². The molecule has 1 amide bonds. The van der Waals surface area contributed by atoms with E-state index in [0.717, 1.165) is 30.8 Å². The molecule has 1 aromatic rings. The van der Waals surface area contributed by atoms with Gasteiger partial charge in [-0.15, -0.1) is 0 Å². The molecular formula is C15H25N3O. The van der Waals surface area contributed by atoms with Crippen LogP contribution in [0.25, 0.3) is 0 Å². The Kier molecular flexibility index (Phi) is 6.36. The maximum absolute atomic E-state index is 11.8. The van der Waals surface area contributed by atoms with Gasteiger partial charge in [0.1, 0.15) is 0 Å². The monoisotopic (exact) mass is 263 g/mol. The van der Waals surface area contributed by atoms with Crippen molar-refractivity contribution in [2.75, 3.05) is 18.8 Å². The second-order valence-corrected chi connectivity index (χ2v) is 5.18. The Morgan fingerprint density at radius 2 is 2.16 bits per heavy atom. The zero-order valence-corrected chi connectivity index (χ0v) is 12.1. The summed E-state index contributed by atoms with van der Waals surface area (Å²) in [7, 11) is 0. The SMILES string of the molecule is CCCN(CC(=O)NC(C)C)Cc1cccc(N)c1. The molecule has 0 aliphatic carbocycles. The number of hydrogen-bond acceptors (Lipinski definition) is 3. The smallest absolute Gasteiger partial charge is 0.234 e. The van der Waals surface area contributed by atoms with Gasteiger partial charge in [0.15, 0.2) is 0 Å². The summed E-state index contributed by atoms with van der Waals surface area (Å²) >= 11 is 0. The van der Waals surface area contributed by atoms with Gasteiger partial charge in [0, 0.05) is 18.3 Å². The average Bonchev–Trinajstić information content (AvgIpc) is 2.27. The van der Waals surface area contributed by atoms with E-state index in [1.165, 1.54) is 0 Å². The molecule has 0 radical (unpaired) electrons. The minimum atomic E-state index is 0.0763. The molecule has 0 bridgehead atoms. The summed E-state index contributed by atoms with van der Waals surface area (Å²) in [6, 6.07) is 8.01. The van der Waals surface area contributed by atoms with Gasteiger partial charge >= 0.3 is 0 Å². The Labute approximate surface area is 116 Å². The summed E-state index contributed by atoms with van der Waals surface area (Å²) in [6.45, 7) is 8.15. The number of anilines is 1. The summed E-state index contributed by atoms with van der Waals surface area (Å²) < 4.78 is 0. The highest BCUT2D eigenvalue weighted by Crippen LogP contribution is 2.09. The van der Waals surface area contributed by atoms with Crippen LogP contribution in [0.1, 0.15) is 32.8 Å². The Bertz CT molecular complexity index is 404. The summed E-state index contributed by atoms with van der Waals surface area (Å²) in [4.78, 5) is 14.0. The van der Waals surface area contributed by atoms with E-state index >= 15 is 0 Å². The van der Waals surface area contributed by atoms with E-state index in [9.17, 15) is 4.79 Å². The van der Waals surface area contributed by atoms with Gasteiger partial charge in [0.2, 0.25) is 5.91 Å². The van der Waals surface area contributed by atoms with Crippen molar-refractivity contribution in [3.05, 3.63) is 29.8 Å². The van der Waals surface area contributed by atoms with Crippen molar-refractivity contribution in [3.63, 3.8) is 0 Å². The molecule has 0 saturated heterocycles. The van der Waals surface area contributed by atoms with Crippen LogP contribution < -0.4 is 11.1 Å². The van der Waals surface area contributed by atoms with Crippen LogP contribution >= 0.6 is 0 Å². The average molecular weight is 263 g/mol. The fourth-order valence-electron chi connectivity index (χ4n) is 2.05. The molecule has 0 heterocycles. The van der Waals surface area contributed by atoms with Gasteiger partial charge in [0.25, 0.3) is 0 Å². The first-order valence-electron chi connectivity index (χ1n) is 6.87. The van der Waals surface area contributed by atoms with Crippen molar-refractivity contribution >= 4 is 11.6 Å². The molecule has 1 rings (SSSR count). The second kappa shape index (κ2) is 7.79. The number of nitrogen functional groups attached to an aromatic ring is 1. The lowest BCUT2D eigenvalue weighted by atomic mass is 10.2. The summed E-state index contributed by atoms with van der Waals surface area (Å²) in [6.07, 6.45) is 1.03. The number of hydrogen-bond donors (Lipinski definition) is 2. The molecule has 0 saturated carbocycles. The van der Waals surface area contributed by atoms with Crippen molar-refractivity contribution in [1.82, 2.24) is 10.2 Å². The van der Waals surface area contributed by atoms with Gasteiger partial charge in [-0.2, -0.15) is 0 Å². The van der Waals surface area contributed by atoms with Crippen LogP contribution in [0, 0.1) is 0 Å². The van der Waals surface area contributed by atoms with Gasteiger partial charge in [0.05, 0.1) is 6.54 Å². The first kappa shape index (κ1) is 15.5. The van der Waals surface area contributed by atoms with Crippen molar-refractivity contribution in [3.8, 4) is 0 Å². The molecule has 3 N–H and O–H groups in total. The number of nitrogens with two attached hydrogens (primary N) is 1. The molecule has 0 aromatic heterocycles. The molecule has 0 aliphatic heterocycles. The van der Waals surface area contributed by atoms with Crippen LogP contribution in [0.15, 0.2) is 24.3 Å². The molecule has 0 atom stereocenters. The topological polar surface area (TPSA) is 58.4 Å². The van der Waals surface area contributed by atoms with Crippen LogP contribution in [-0.4, -0.2) is 29.9 Å². The van der Waals surface area contributed by atoms with E-state index in [1.54, 1.807) is 0 Å². The minimum Gasteiger partial charge on any atom is -0.399 e. The maximum Gasteiger partial charge on any atom is 0.234 e. The number of amides is 1. The fourth-order valence-corrected chi connectivity index (χ4v) is 2.05. The summed E-state index contributed by atoms with van der Waals surface area (Å²) in [5, 5.41) is 2.92. The number of carbonyl (C=O) groups is 1. The number of nitrogens with zero attached hydrogens (tertiary/aromatic N) is 1. The molecule has 4 heteroatoms. The second-order valence-electron chi connectivity index (χ2n) is 5.18. The third kappa shape index (κ3) is 6.25. The highest BCUT2D eigenvalue weighted by atomic mass is 16.2. The Morgan fingerprint density at radius 3 is 2.74 bits per heavy atom.